The average Bonchev–Trinajstić information content (AvgIpc) is 3.41. The third-order valence-corrected chi connectivity index (χ3v) is 12.8. The molecule has 12 rings (SSSR count). The van der Waals surface area contributed by atoms with Crippen molar-refractivity contribution in [2.75, 3.05) is 38.2 Å². The SMILES string of the molecule is COc1ccc(N(c2ccc(/C=C/C=C/c3cc4ccc3CCc3ccc(c(/C=C/C=C/c5ccc(N(c6ccc(OC)cc6)c6ccc(OC)cc6)cc5)c3)CC4)cc2)c2ccc(OC)cc2)cc1. The summed E-state index contributed by atoms with van der Waals surface area (Å²) in [5, 5.41) is 0. The molecule has 0 unspecified atom stereocenters. The zero-order valence-electron chi connectivity index (χ0n) is 40.3. The summed E-state index contributed by atoms with van der Waals surface area (Å²) in [4.78, 5) is 4.46. The van der Waals surface area contributed by atoms with E-state index >= 15 is 0 Å². The molecule has 0 aromatic heterocycles. The van der Waals surface area contributed by atoms with Gasteiger partial charge in [0, 0.05) is 34.1 Å². The van der Waals surface area contributed by atoms with Gasteiger partial charge in [0.15, 0.2) is 0 Å². The topological polar surface area (TPSA) is 43.4 Å². The van der Waals surface area contributed by atoms with Crippen LogP contribution in [-0.2, 0) is 25.7 Å². The molecule has 0 heterocycles. The standard InChI is InChI=1S/C64H58N2O4/c1-67-61-37-29-57(30-38-61)65(58-31-39-62(68-2)40-32-58)55-25-17-47(18-26-55)9-5-7-11-53-45-49-13-21-51(53)23-15-50-14-22-52(24-16-49)54(46-50)12-8-6-10-48-19-27-56(28-20-48)66(59-33-41-63(69-3)42-34-59)60-35-43-64(70-4)44-36-60/h5-14,17-22,25-46H,15-16,23-24H2,1-4H3/b9-5+,10-6+,11-7+,12-8+. The van der Waals surface area contributed by atoms with Crippen molar-refractivity contribution in [1.29, 1.82) is 0 Å². The lowest BCUT2D eigenvalue weighted by atomic mass is 9.91. The first kappa shape index (κ1) is 46.6. The van der Waals surface area contributed by atoms with Crippen molar-refractivity contribution in [3.63, 3.8) is 0 Å². The molecule has 6 heteroatoms. The summed E-state index contributed by atoms with van der Waals surface area (Å²) < 4.78 is 21.7. The molecule has 6 nitrogen and oxygen atoms in total. The van der Waals surface area contributed by atoms with E-state index < -0.39 is 0 Å². The van der Waals surface area contributed by atoms with Crippen LogP contribution in [-0.4, -0.2) is 28.4 Å². The van der Waals surface area contributed by atoms with Crippen molar-refractivity contribution in [3.8, 4) is 23.0 Å². The summed E-state index contributed by atoms with van der Waals surface area (Å²) in [5.74, 6) is 3.29. The fourth-order valence-electron chi connectivity index (χ4n) is 8.86. The zero-order valence-corrected chi connectivity index (χ0v) is 40.3. The number of methoxy groups -OCH3 is 4. The highest BCUT2D eigenvalue weighted by Crippen LogP contribution is 2.38. The molecular weight excluding hydrogens is 861 g/mol. The molecular formula is C64H58N2O4. The number of benzene rings is 8. The second-order valence-electron chi connectivity index (χ2n) is 17.1. The summed E-state index contributed by atoms with van der Waals surface area (Å²) in [5.41, 5.74) is 16.5. The first-order valence-electron chi connectivity index (χ1n) is 23.8. The number of anilines is 6. The number of hydrogen-bond donors (Lipinski definition) is 0. The van der Waals surface area contributed by atoms with Gasteiger partial charge in [-0.2, -0.15) is 0 Å². The van der Waals surface area contributed by atoms with Gasteiger partial charge in [0.2, 0.25) is 0 Å². The molecule has 0 radical (unpaired) electrons. The third kappa shape index (κ3) is 11.4. The van der Waals surface area contributed by atoms with E-state index in [-0.39, 0.29) is 0 Å². The van der Waals surface area contributed by atoms with Gasteiger partial charge in [-0.1, -0.05) is 109 Å². The molecule has 8 aromatic rings. The molecule has 8 aromatic carbocycles. The number of hydrogen-bond acceptors (Lipinski definition) is 6. The summed E-state index contributed by atoms with van der Waals surface area (Å²) in [7, 11) is 6.75. The molecule has 0 atom stereocenters. The number of nitrogens with zero attached hydrogens (tertiary/aromatic N) is 2. The Labute approximate surface area is 413 Å². The molecule has 0 saturated carbocycles. The molecule has 0 spiro atoms. The highest BCUT2D eigenvalue weighted by Gasteiger charge is 2.15. The maximum absolute atomic E-state index is 5.43. The fraction of sp³-hybridized carbons (Fsp3) is 0.125. The van der Waals surface area contributed by atoms with Crippen molar-refractivity contribution < 1.29 is 18.9 Å². The van der Waals surface area contributed by atoms with Crippen molar-refractivity contribution in [1.82, 2.24) is 0 Å². The van der Waals surface area contributed by atoms with E-state index in [9.17, 15) is 0 Å². The maximum atomic E-state index is 5.43. The number of aryl methyl sites for hydroxylation is 4. The molecule has 0 saturated heterocycles. The summed E-state index contributed by atoms with van der Waals surface area (Å²) in [6.45, 7) is 0. The van der Waals surface area contributed by atoms with E-state index in [0.29, 0.717) is 0 Å². The molecule has 70 heavy (non-hydrogen) atoms. The number of allylic oxidation sites excluding steroid dienone is 4. The van der Waals surface area contributed by atoms with Gasteiger partial charge in [0.25, 0.3) is 0 Å². The Hall–Kier alpha value is -8.48. The molecule has 4 aliphatic carbocycles. The fourth-order valence-corrected chi connectivity index (χ4v) is 8.86. The van der Waals surface area contributed by atoms with Crippen LogP contribution in [0.2, 0.25) is 0 Å². The van der Waals surface area contributed by atoms with Crippen LogP contribution in [0, 0.1) is 0 Å². The lowest BCUT2D eigenvalue weighted by molar-refractivity contribution is 0.414. The average molecular weight is 919 g/mol. The highest BCUT2D eigenvalue weighted by molar-refractivity contribution is 5.79. The van der Waals surface area contributed by atoms with Crippen molar-refractivity contribution in [2.24, 2.45) is 0 Å². The first-order valence-corrected chi connectivity index (χ1v) is 23.8. The van der Waals surface area contributed by atoms with Gasteiger partial charge in [-0.05, 0) is 192 Å². The van der Waals surface area contributed by atoms with Gasteiger partial charge in [-0.25, -0.2) is 0 Å². The number of rotatable bonds is 16. The molecule has 4 aliphatic rings. The van der Waals surface area contributed by atoms with Gasteiger partial charge in [0.05, 0.1) is 28.4 Å². The Morgan fingerprint density at radius 3 is 0.857 bits per heavy atom. The lowest BCUT2D eigenvalue weighted by Crippen LogP contribution is -2.09. The monoisotopic (exact) mass is 918 g/mol. The zero-order chi connectivity index (χ0) is 48.1. The van der Waals surface area contributed by atoms with Crippen molar-refractivity contribution in [3.05, 3.63) is 251 Å². The Balaban J connectivity index is 0.846. The smallest absolute Gasteiger partial charge is 0.119 e. The second-order valence-corrected chi connectivity index (χ2v) is 17.1. The second kappa shape index (κ2) is 22.5. The summed E-state index contributed by atoms with van der Waals surface area (Å²) in [6.07, 6.45) is 21.4. The third-order valence-electron chi connectivity index (χ3n) is 12.8. The molecule has 0 N–H and O–H groups in total. The first-order chi connectivity index (χ1) is 34.5. The van der Waals surface area contributed by atoms with Crippen LogP contribution in [0.4, 0.5) is 34.1 Å². The molecule has 0 aliphatic heterocycles. The van der Waals surface area contributed by atoms with E-state index in [1.165, 1.54) is 33.4 Å². The molecule has 0 fully saturated rings. The minimum atomic E-state index is 0.822. The normalized spacial score (nSPS) is 12.4. The molecule has 0 amide bonds. The van der Waals surface area contributed by atoms with Gasteiger partial charge < -0.3 is 28.7 Å². The lowest BCUT2D eigenvalue weighted by Gasteiger charge is -2.26. The minimum Gasteiger partial charge on any atom is -0.497 e. The van der Waals surface area contributed by atoms with E-state index in [1.807, 2.05) is 48.5 Å². The Morgan fingerprint density at radius 2 is 0.571 bits per heavy atom. The van der Waals surface area contributed by atoms with Crippen molar-refractivity contribution in [2.45, 2.75) is 25.7 Å². The summed E-state index contributed by atoms with van der Waals surface area (Å²) in [6, 6.07) is 63.9. The van der Waals surface area contributed by atoms with E-state index in [0.717, 1.165) is 93.9 Å². The minimum absolute atomic E-state index is 0.822. The van der Waals surface area contributed by atoms with Gasteiger partial charge in [0.1, 0.15) is 23.0 Å². The van der Waals surface area contributed by atoms with Gasteiger partial charge in [-0.3, -0.25) is 0 Å². The van der Waals surface area contributed by atoms with Crippen LogP contribution >= 0.6 is 0 Å². The Bertz CT molecular complexity index is 2790. The van der Waals surface area contributed by atoms with E-state index in [2.05, 4.69) is 192 Å². The van der Waals surface area contributed by atoms with E-state index in [4.69, 9.17) is 18.9 Å². The molecule has 348 valence electrons. The predicted octanol–water partition coefficient (Wildman–Crippen LogP) is 16.0. The van der Waals surface area contributed by atoms with Crippen LogP contribution in [0.1, 0.15) is 44.5 Å². The number of ether oxygens (including phenoxy) is 4. The maximum Gasteiger partial charge on any atom is 0.119 e. The largest absolute Gasteiger partial charge is 0.497 e. The summed E-state index contributed by atoms with van der Waals surface area (Å²) >= 11 is 0. The Kier molecular flexibility index (Phi) is 15.0. The van der Waals surface area contributed by atoms with Gasteiger partial charge >= 0.3 is 0 Å². The molecule has 4 bridgehead atoms. The Morgan fingerprint density at radius 1 is 0.300 bits per heavy atom. The van der Waals surface area contributed by atoms with Crippen molar-refractivity contribution >= 4 is 58.4 Å². The highest BCUT2D eigenvalue weighted by atomic mass is 16.5. The van der Waals surface area contributed by atoms with Crippen LogP contribution in [0.25, 0.3) is 24.3 Å². The predicted molar refractivity (Wildman–Crippen MR) is 292 cm³/mol. The van der Waals surface area contributed by atoms with Crippen LogP contribution in [0.15, 0.2) is 206 Å². The van der Waals surface area contributed by atoms with Crippen LogP contribution in [0.3, 0.4) is 0 Å². The van der Waals surface area contributed by atoms with Crippen LogP contribution in [0.5, 0.6) is 23.0 Å². The van der Waals surface area contributed by atoms with Gasteiger partial charge in [-0.15, -0.1) is 0 Å². The quantitative estimate of drug-likeness (QED) is 0.0900. The van der Waals surface area contributed by atoms with Crippen LogP contribution < -0.4 is 28.7 Å². The van der Waals surface area contributed by atoms with E-state index in [1.54, 1.807) is 28.4 Å².